The van der Waals surface area contributed by atoms with E-state index in [1.807, 2.05) is 25.5 Å². The first-order valence-electron chi connectivity index (χ1n) is 4.13. The molecule has 0 aliphatic heterocycles. The number of guanidine groups is 1. The zero-order valence-electron chi connectivity index (χ0n) is 7.67. The molecular formula is C8H15N5. The highest BCUT2D eigenvalue weighted by Crippen LogP contribution is 1.97. The summed E-state index contributed by atoms with van der Waals surface area (Å²) in [6.45, 7) is 1.23. The Balaban J connectivity index is 2.30. The minimum Gasteiger partial charge on any atom is -0.370 e. The number of nitrogens with two attached hydrogens (primary N) is 1. The lowest BCUT2D eigenvalue weighted by molar-refractivity contribution is 0.753. The summed E-state index contributed by atoms with van der Waals surface area (Å²) in [7, 11) is 1.84. The number of H-pyrrole nitrogens is 1. The summed E-state index contributed by atoms with van der Waals surface area (Å²) in [6, 6.07) is 1.97. The van der Waals surface area contributed by atoms with E-state index in [0.717, 1.165) is 5.56 Å². The molecule has 1 rings (SSSR count). The van der Waals surface area contributed by atoms with Gasteiger partial charge in [-0.1, -0.05) is 0 Å². The molecule has 0 bridgehead atoms. The van der Waals surface area contributed by atoms with Gasteiger partial charge < -0.3 is 21.4 Å². The van der Waals surface area contributed by atoms with E-state index in [-0.39, 0.29) is 0 Å². The molecule has 72 valence electrons. The van der Waals surface area contributed by atoms with Crippen LogP contribution in [0.4, 0.5) is 0 Å². The number of nitrogens with one attached hydrogen (secondary N) is 3. The Morgan fingerprint density at radius 3 is 3.15 bits per heavy atom. The van der Waals surface area contributed by atoms with Crippen molar-refractivity contribution in [1.82, 2.24) is 15.6 Å². The van der Waals surface area contributed by atoms with Crippen LogP contribution >= 0.6 is 0 Å². The zero-order valence-corrected chi connectivity index (χ0v) is 7.67. The number of hydrogen-bond acceptors (Lipinski definition) is 2. The minimum absolute atomic E-state index is 0.454. The van der Waals surface area contributed by atoms with Crippen LogP contribution in [-0.2, 0) is 6.54 Å². The van der Waals surface area contributed by atoms with Gasteiger partial charge in [-0.3, -0.25) is 0 Å². The number of aromatic nitrogens is 1. The normalized spacial score (nSPS) is 11.6. The first-order chi connectivity index (χ1) is 6.33. The minimum atomic E-state index is 0.454. The summed E-state index contributed by atoms with van der Waals surface area (Å²) < 4.78 is 0. The molecule has 0 saturated heterocycles. The van der Waals surface area contributed by atoms with E-state index in [1.165, 1.54) is 0 Å². The van der Waals surface area contributed by atoms with Crippen molar-refractivity contribution >= 4 is 5.96 Å². The average molecular weight is 181 g/mol. The van der Waals surface area contributed by atoms with E-state index >= 15 is 0 Å². The fourth-order valence-electron chi connectivity index (χ4n) is 0.868. The molecule has 1 aromatic heterocycles. The van der Waals surface area contributed by atoms with E-state index < -0.39 is 0 Å². The van der Waals surface area contributed by atoms with Gasteiger partial charge in [0.2, 0.25) is 0 Å². The maximum atomic E-state index is 5.57. The van der Waals surface area contributed by atoms with Crippen LogP contribution in [0, 0.1) is 0 Å². The second-order valence-electron chi connectivity index (χ2n) is 2.63. The van der Waals surface area contributed by atoms with Crippen molar-refractivity contribution in [3.05, 3.63) is 24.0 Å². The maximum absolute atomic E-state index is 5.57. The number of aliphatic imine (C=N–C) groups is 1. The summed E-state index contributed by atoms with van der Waals surface area (Å²) in [5.74, 6) is 0.454. The van der Waals surface area contributed by atoms with Gasteiger partial charge in [0.05, 0.1) is 13.2 Å². The lowest BCUT2D eigenvalue weighted by atomic mass is 10.3. The third-order valence-corrected chi connectivity index (χ3v) is 1.54. The van der Waals surface area contributed by atoms with Crippen molar-refractivity contribution in [3.8, 4) is 0 Å². The Morgan fingerprint density at radius 2 is 2.54 bits per heavy atom. The van der Waals surface area contributed by atoms with Crippen molar-refractivity contribution in [2.45, 2.75) is 6.54 Å². The first-order valence-corrected chi connectivity index (χ1v) is 4.13. The van der Waals surface area contributed by atoms with E-state index in [2.05, 4.69) is 20.6 Å². The molecule has 13 heavy (non-hydrogen) atoms. The summed E-state index contributed by atoms with van der Waals surface area (Å²) in [5.41, 5.74) is 6.68. The Labute approximate surface area is 77.4 Å². The van der Waals surface area contributed by atoms with Gasteiger partial charge in [0, 0.05) is 12.4 Å². The highest BCUT2D eigenvalue weighted by atomic mass is 15.2. The van der Waals surface area contributed by atoms with Crippen molar-refractivity contribution in [1.29, 1.82) is 0 Å². The molecule has 5 nitrogen and oxygen atoms in total. The molecule has 0 spiro atoms. The number of aromatic amines is 1. The summed E-state index contributed by atoms with van der Waals surface area (Å²) >= 11 is 0. The third-order valence-electron chi connectivity index (χ3n) is 1.54. The molecule has 0 unspecified atom stereocenters. The second kappa shape index (κ2) is 5.21. The lowest BCUT2D eigenvalue weighted by Gasteiger charge is -2.02. The molecule has 0 aliphatic carbocycles. The van der Waals surface area contributed by atoms with Crippen LogP contribution in [0.2, 0.25) is 0 Å². The zero-order chi connectivity index (χ0) is 9.52. The molecule has 0 saturated carbocycles. The standard InChI is InChI=1S/C8H15N5/c1-10-6-13-8(9)12-5-7-2-3-11-4-7/h2-4,10-11H,5-6H2,1H3,(H3,9,12,13). The number of hydrogen-bond donors (Lipinski definition) is 4. The van der Waals surface area contributed by atoms with Crippen molar-refractivity contribution in [3.63, 3.8) is 0 Å². The van der Waals surface area contributed by atoms with E-state index in [0.29, 0.717) is 19.2 Å². The monoisotopic (exact) mass is 181 g/mol. The Morgan fingerprint density at radius 1 is 1.69 bits per heavy atom. The molecule has 0 aliphatic rings. The molecule has 1 heterocycles. The average Bonchev–Trinajstić information content (AvgIpc) is 2.64. The summed E-state index contributed by atoms with van der Waals surface area (Å²) in [6.07, 6.45) is 3.76. The van der Waals surface area contributed by atoms with E-state index in [4.69, 9.17) is 5.73 Å². The van der Waals surface area contributed by atoms with Gasteiger partial charge >= 0.3 is 0 Å². The van der Waals surface area contributed by atoms with Crippen LogP contribution in [0.5, 0.6) is 0 Å². The number of nitrogens with zero attached hydrogens (tertiary/aromatic N) is 1. The van der Waals surface area contributed by atoms with Crippen LogP contribution in [0.15, 0.2) is 23.5 Å². The first kappa shape index (κ1) is 9.60. The van der Waals surface area contributed by atoms with Crippen molar-refractivity contribution in [2.24, 2.45) is 10.7 Å². The Kier molecular flexibility index (Phi) is 3.84. The van der Waals surface area contributed by atoms with Crippen LogP contribution < -0.4 is 16.4 Å². The molecule has 5 heteroatoms. The van der Waals surface area contributed by atoms with Crippen LogP contribution in [0.25, 0.3) is 0 Å². The van der Waals surface area contributed by atoms with Crippen LogP contribution in [0.1, 0.15) is 5.56 Å². The Hall–Kier alpha value is -1.49. The second-order valence-corrected chi connectivity index (χ2v) is 2.63. The fraction of sp³-hybridized carbons (Fsp3) is 0.375. The SMILES string of the molecule is CNCNC(N)=NCc1cc[nH]c1. The van der Waals surface area contributed by atoms with E-state index in [9.17, 15) is 0 Å². The highest BCUT2D eigenvalue weighted by Gasteiger charge is 1.91. The molecule has 0 radical (unpaired) electrons. The topological polar surface area (TPSA) is 78.2 Å². The summed E-state index contributed by atoms with van der Waals surface area (Å²) in [5, 5.41) is 5.81. The smallest absolute Gasteiger partial charge is 0.189 e. The van der Waals surface area contributed by atoms with Gasteiger partial charge in [-0.15, -0.1) is 0 Å². The molecule has 0 fully saturated rings. The maximum Gasteiger partial charge on any atom is 0.189 e. The molecule has 0 atom stereocenters. The highest BCUT2D eigenvalue weighted by molar-refractivity contribution is 5.77. The van der Waals surface area contributed by atoms with Gasteiger partial charge in [0.15, 0.2) is 5.96 Å². The van der Waals surface area contributed by atoms with Gasteiger partial charge in [0.1, 0.15) is 0 Å². The van der Waals surface area contributed by atoms with Crippen LogP contribution in [0.3, 0.4) is 0 Å². The quantitative estimate of drug-likeness (QED) is 0.290. The van der Waals surface area contributed by atoms with Gasteiger partial charge in [-0.2, -0.15) is 0 Å². The van der Waals surface area contributed by atoms with Gasteiger partial charge in [-0.05, 0) is 18.7 Å². The van der Waals surface area contributed by atoms with Gasteiger partial charge in [0.25, 0.3) is 0 Å². The van der Waals surface area contributed by atoms with Gasteiger partial charge in [-0.25, -0.2) is 4.99 Å². The molecule has 0 aromatic carbocycles. The Bertz CT molecular complexity index is 252. The number of rotatable bonds is 4. The largest absolute Gasteiger partial charge is 0.370 e. The molecule has 5 N–H and O–H groups in total. The molecule has 0 amide bonds. The molecular weight excluding hydrogens is 166 g/mol. The fourth-order valence-corrected chi connectivity index (χ4v) is 0.868. The lowest BCUT2D eigenvalue weighted by Crippen LogP contribution is -2.37. The third kappa shape index (κ3) is 3.62. The predicted octanol–water partition coefficient (Wildman–Crippen LogP) is -0.404. The molecule has 1 aromatic rings. The van der Waals surface area contributed by atoms with Crippen LogP contribution in [-0.4, -0.2) is 24.7 Å². The van der Waals surface area contributed by atoms with E-state index in [1.54, 1.807) is 0 Å². The summed E-state index contributed by atoms with van der Waals surface area (Å²) in [4.78, 5) is 7.08. The van der Waals surface area contributed by atoms with Crippen molar-refractivity contribution in [2.75, 3.05) is 13.7 Å². The predicted molar refractivity (Wildman–Crippen MR) is 53.2 cm³/mol. The van der Waals surface area contributed by atoms with Crippen molar-refractivity contribution < 1.29 is 0 Å².